The molecule has 2 aromatic rings. The minimum absolute atomic E-state index is 0. The van der Waals surface area contributed by atoms with Gasteiger partial charge in [-0.05, 0) is 59.8 Å². The Labute approximate surface area is 220 Å². The third-order valence-corrected chi connectivity index (χ3v) is 6.38. The van der Waals surface area contributed by atoms with E-state index in [-0.39, 0.29) is 16.5 Å². The first-order valence-electron chi connectivity index (χ1n) is 13.0. The van der Waals surface area contributed by atoms with Crippen LogP contribution in [-0.4, -0.2) is 26.2 Å². The van der Waals surface area contributed by atoms with Crippen LogP contribution >= 0.6 is 0 Å². The molecule has 0 fully saturated rings. The topological polar surface area (TPSA) is 36.1 Å². The van der Waals surface area contributed by atoms with Crippen molar-refractivity contribution >= 4 is 11.4 Å². The van der Waals surface area contributed by atoms with Gasteiger partial charge in [-0.2, -0.15) is 0 Å². The van der Waals surface area contributed by atoms with Crippen LogP contribution in [0.2, 0.25) is 0 Å². The Morgan fingerprint density at radius 2 is 0.765 bits per heavy atom. The quantitative estimate of drug-likeness (QED) is 0.201. The minimum atomic E-state index is 0. The second-order valence-electron chi connectivity index (χ2n) is 10.9. The van der Waals surface area contributed by atoms with E-state index in [1.54, 1.807) is 0 Å². The predicted octanol–water partition coefficient (Wildman–Crippen LogP) is 7.91. The van der Waals surface area contributed by atoms with Crippen LogP contribution in [0.5, 0.6) is 0 Å². The molecule has 194 valence electrons. The fourth-order valence-electron chi connectivity index (χ4n) is 4.59. The smallest absolute Gasteiger partial charge is 0.0411 e. The minimum Gasteiger partial charge on any atom is -0.383 e. The Morgan fingerprint density at radius 3 is 1.00 bits per heavy atom. The summed E-state index contributed by atoms with van der Waals surface area (Å²) in [6.45, 7) is 26.5. The molecule has 0 aliphatic heterocycles. The summed E-state index contributed by atoms with van der Waals surface area (Å²) in [5, 5.41) is 11.1. The molecule has 0 saturated heterocycles. The SMILES string of the molecule is Cc1cc(C(C)C)c(NCCNCCNc2c(C(C)C)cc(C)cc2C(C)C)c(C(C)C)c1.[Ni]. The van der Waals surface area contributed by atoms with E-state index < -0.39 is 0 Å². The molecule has 0 atom stereocenters. The van der Waals surface area contributed by atoms with Crippen molar-refractivity contribution in [3.63, 3.8) is 0 Å². The molecule has 0 heterocycles. The van der Waals surface area contributed by atoms with Crippen LogP contribution in [0.1, 0.15) is 112 Å². The Kier molecular flexibility index (Phi) is 12.7. The molecule has 0 spiro atoms. The van der Waals surface area contributed by atoms with Crippen molar-refractivity contribution in [1.29, 1.82) is 0 Å². The Balaban J connectivity index is 0.00000578. The first-order valence-corrected chi connectivity index (χ1v) is 13.0. The third kappa shape index (κ3) is 8.31. The van der Waals surface area contributed by atoms with Crippen molar-refractivity contribution < 1.29 is 16.5 Å². The van der Waals surface area contributed by atoms with E-state index in [1.807, 2.05) is 0 Å². The Morgan fingerprint density at radius 1 is 0.500 bits per heavy atom. The summed E-state index contributed by atoms with van der Waals surface area (Å²) in [6.07, 6.45) is 0. The van der Waals surface area contributed by atoms with Crippen molar-refractivity contribution in [1.82, 2.24) is 5.32 Å². The second-order valence-corrected chi connectivity index (χ2v) is 10.9. The number of nitrogens with one attached hydrogen (secondary N) is 3. The number of hydrogen-bond acceptors (Lipinski definition) is 3. The molecule has 2 rings (SSSR count). The second kappa shape index (κ2) is 14.1. The fourth-order valence-corrected chi connectivity index (χ4v) is 4.59. The zero-order chi connectivity index (χ0) is 24.7. The number of benzene rings is 2. The molecule has 3 nitrogen and oxygen atoms in total. The summed E-state index contributed by atoms with van der Waals surface area (Å²) in [5.74, 6) is 2.06. The van der Waals surface area contributed by atoms with Crippen molar-refractivity contribution in [2.24, 2.45) is 0 Å². The summed E-state index contributed by atoms with van der Waals surface area (Å²) < 4.78 is 0. The maximum Gasteiger partial charge on any atom is 0.0411 e. The van der Waals surface area contributed by atoms with Gasteiger partial charge in [0.2, 0.25) is 0 Å². The van der Waals surface area contributed by atoms with Crippen LogP contribution in [0.3, 0.4) is 0 Å². The molecular formula is C30H49N3Ni. The van der Waals surface area contributed by atoms with E-state index in [1.165, 1.54) is 44.8 Å². The van der Waals surface area contributed by atoms with Gasteiger partial charge in [-0.1, -0.05) is 90.8 Å². The molecule has 0 radical (unpaired) electrons. The van der Waals surface area contributed by atoms with Gasteiger partial charge in [-0.3, -0.25) is 0 Å². The Hall–Kier alpha value is -1.51. The number of anilines is 2. The standard InChI is InChI=1S/C30H49N3.Ni/c1-19(2)25-15-23(9)16-26(20(3)4)29(25)32-13-11-31-12-14-33-30-27(21(5)6)17-24(10)18-28(30)22(7)8;/h15-22,31-33H,11-14H2,1-10H3;. The molecular weight excluding hydrogens is 461 g/mol. The van der Waals surface area contributed by atoms with Crippen LogP contribution in [0.25, 0.3) is 0 Å². The summed E-state index contributed by atoms with van der Waals surface area (Å²) >= 11 is 0. The molecule has 0 bridgehead atoms. The van der Waals surface area contributed by atoms with E-state index in [0.717, 1.165) is 26.2 Å². The number of rotatable bonds is 12. The van der Waals surface area contributed by atoms with Crippen molar-refractivity contribution in [2.75, 3.05) is 36.8 Å². The van der Waals surface area contributed by atoms with E-state index in [0.29, 0.717) is 23.7 Å². The zero-order valence-electron chi connectivity index (χ0n) is 23.3. The molecule has 0 amide bonds. The zero-order valence-corrected chi connectivity index (χ0v) is 24.3. The molecule has 4 heteroatoms. The molecule has 2 aromatic carbocycles. The average molecular weight is 510 g/mol. The molecule has 0 aromatic heterocycles. The van der Waals surface area contributed by atoms with Crippen LogP contribution in [-0.2, 0) is 16.5 Å². The van der Waals surface area contributed by atoms with Crippen LogP contribution in [0.15, 0.2) is 24.3 Å². The summed E-state index contributed by atoms with van der Waals surface area (Å²) in [6, 6.07) is 9.37. The Bertz CT molecular complexity index is 768. The van der Waals surface area contributed by atoms with Gasteiger partial charge >= 0.3 is 0 Å². The van der Waals surface area contributed by atoms with E-state index in [2.05, 4.69) is 109 Å². The van der Waals surface area contributed by atoms with Crippen molar-refractivity contribution in [3.05, 3.63) is 57.6 Å². The largest absolute Gasteiger partial charge is 0.383 e. The average Bonchev–Trinajstić information content (AvgIpc) is 2.73. The number of aryl methyl sites for hydroxylation is 2. The monoisotopic (exact) mass is 509 g/mol. The van der Waals surface area contributed by atoms with Gasteiger partial charge in [0, 0.05) is 54.0 Å². The first-order chi connectivity index (χ1) is 15.5. The normalized spacial score (nSPS) is 11.5. The number of hydrogen-bond donors (Lipinski definition) is 3. The van der Waals surface area contributed by atoms with Gasteiger partial charge in [0.25, 0.3) is 0 Å². The van der Waals surface area contributed by atoms with E-state index in [4.69, 9.17) is 0 Å². The van der Waals surface area contributed by atoms with Crippen molar-refractivity contribution in [3.8, 4) is 0 Å². The fraction of sp³-hybridized carbons (Fsp3) is 0.600. The van der Waals surface area contributed by atoms with Gasteiger partial charge in [-0.15, -0.1) is 0 Å². The van der Waals surface area contributed by atoms with E-state index in [9.17, 15) is 0 Å². The molecule has 0 aliphatic rings. The maximum atomic E-state index is 3.75. The molecule has 34 heavy (non-hydrogen) atoms. The molecule has 3 N–H and O–H groups in total. The predicted molar refractivity (Wildman–Crippen MR) is 149 cm³/mol. The van der Waals surface area contributed by atoms with Crippen LogP contribution in [0, 0.1) is 13.8 Å². The third-order valence-electron chi connectivity index (χ3n) is 6.38. The molecule has 0 aliphatic carbocycles. The molecule has 0 saturated carbocycles. The van der Waals surface area contributed by atoms with Gasteiger partial charge in [0.15, 0.2) is 0 Å². The summed E-state index contributed by atoms with van der Waals surface area (Å²) in [7, 11) is 0. The van der Waals surface area contributed by atoms with E-state index >= 15 is 0 Å². The van der Waals surface area contributed by atoms with Gasteiger partial charge in [0.05, 0.1) is 0 Å². The summed E-state index contributed by atoms with van der Waals surface area (Å²) in [4.78, 5) is 0. The maximum absolute atomic E-state index is 3.75. The molecule has 0 unspecified atom stereocenters. The van der Waals surface area contributed by atoms with Gasteiger partial charge in [-0.25, -0.2) is 0 Å². The first kappa shape index (κ1) is 30.5. The van der Waals surface area contributed by atoms with Crippen molar-refractivity contribution in [2.45, 2.75) is 92.9 Å². The van der Waals surface area contributed by atoms with Crippen LogP contribution in [0.4, 0.5) is 11.4 Å². The van der Waals surface area contributed by atoms with Gasteiger partial charge in [0.1, 0.15) is 0 Å². The van der Waals surface area contributed by atoms with Gasteiger partial charge < -0.3 is 16.0 Å². The van der Waals surface area contributed by atoms with Crippen LogP contribution < -0.4 is 16.0 Å². The summed E-state index contributed by atoms with van der Waals surface area (Å²) in [5.41, 5.74) is 11.1.